The minimum absolute atomic E-state index is 0.336. The first-order valence-electron chi connectivity index (χ1n) is 7.06. The van der Waals surface area contributed by atoms with Crippen molar-refractivity contribution in [1.29, 1.82) is 0 Å². The first kappa shape index (κ1) is 16.1. The zero-order valence-corrected chi connectivity index (χ0v) is 13.4. The summed E-state index contributed by atoms with van der Waals surface area (Å²) in [5.74, 6) is -0.354. The number of hydrogen-bond donors (Lipinski definition) is 1. The highest BCUT2D eigenvalue weighted by Crippen LogP contribution is 2.19. The lowest BCUT2D eigenvalue weighted by atomic mass is 10.1. The Kier molecular flexibility index (Phi) is 5.61. The van der Waals surface area contributed by atoms with Crippen LogP contribution in [0.1, 0.15) is 18.1 Å². The van der Waals surface area contributed by atoms with Crippen LogP contribution in [0.3, 0.4) is 0 Å². The molecule has 0 aromatic heterocycles. The van der Waals surface area contributed by atoms with Gasteiger partial charge in [0.15, 0.2) is 0 Å². The summed E-state index contributed by atoms with van der Waals surface area (Å²) in [6.45, 7) is 4.13. The molecule has 0 atom stereocenters. The zero-order chi connectivity index (χ0) is 15.9. The number of esters is 1. The summed E-state index contributed by atoms with van der Waals surface area (Å²) in [4.78, 5) is 12.2. The van der Waals surface area contributed by atoms with Gasteiger partial charge in [-0.15, -0.1) is 0 Å². The van der Waals surface area contributed by atoms with Crippen molar-refractivity contribution in [2.45, 2.75) is 13.8 Å². The second-order valence-electron chi connectivity index (χ2n) is 4.80. The summed E-state index contributed by atoms with van der Waals surface area (Å²) < 4.78 is 5.13. The van der Waals surface area contributed by atoms with E-state index in [1.165, 1.54) is 0 Å². The van der Waals surface area contributed by atoms with Gasteiger partial charge in [0.05, 0.1) is 12.2 Å². The molecule has 1 N–H and O–H groups in total. The van der Waals surface area contributed by atoms with Gasteiger partial charge in [-0.05, 0) is 43.7 Å². The third-order valence-corrected chi connectivity index (χ3v) is 3.34. The molecule has 22 heavy (non-hydrogen) atoms. The SMILES string of the molecule is CCOC(=O)/C(=C\Nc1ccc(Cl)cc1)c1ccc(C)cc1. The maximum Gasteiger partial charge on any atom is 0.340 e. The molecule has 2 rings (SSSR count). The van der Waals surface area contributed by atoms with Crippen molar-refractivity contribution in [3.05, 3.63) is 70.9 Å². The molecule has 114 valence electrons. The third-order valence-electron chi connectivity index (χ3n) is 3.09. The Hall–Kier alpha value is -2.26. The van der Waals surface area contributed by atoms with Crippen molar-refractivity contribution in [3.8, 4) is 0 Å². The second-order valence-corrected chi connectivity index (χ2v) is 5.23. The molecule has 2 aromatic carbocycles. The number of hydrogen-bond acceptors (Lipinski definition) is 3. The molecule has 3 nitrogen and oxygen atoms in total. The summed E-state index contributed by atoms with van der Waals surface area (Å²) >= 11 is 5.86. The predicted molar refractivity (Wildman–Crippen MR) is 90.9 cm³/mol. The molecule has 0 saturated heterocycles. The molecule has 0 heterocycles. The van der Waals surface area contributed by atoms with Crippen LogP contribution in [0.5, 0.6) is 0 Å². The number of halogens is 1. The Balaban J connectivity index is 2.27. The van der Waals surface area contributed by atoms with Crippen LogP contribution >= 0.6 is 11.6 Å². The zero-order valence-electron chi connectivity index (χ0n) is 12.6. The molecule has 0 aliphatic heterocycles. The Morgan fingerprint density at radius 2 is 1.77 bits per heavy atom. The molecule has 0 unspecified atom stereocenters. The number of nitrogens with one attached hydrogen (secondary N) is 1. The highest BCUT2D eigenvalue weighted by molar-refractivity contribution is 6.30. The number of carbonyl (C=O) groups is 1. The van der Waals surface area contributed by atoms with Gasteiger partial charge in [0.25, 0.3) is 0 Å². The van der Waals surface area contributed by atoms with Crippen LogP contribution in [-0.4, -0.2) is 12.6 Å². The fourth-order valence-electron chi connectivity index (χ4n) is 1.90. The minimum atomic E-state index is -0.354. The summed E-state index contributed by atoms with van der Waals surface area (Å²) in [7, 11) is 0. The van der Waals surface area contributed by atoms with E-state index in [1.807, 2.05) is 43.3 Å². The van der Waals surface area contributed by atoms with Gasteiger partial charge in [-0.3, -0.25) is 0 Å². The molecule has 0 aliphatic carbocycles. The normalized spacial score (nSPS) is 11.1. The van der Waals surface area contributed by atoms with Crippen molar-refractivity contribution >= 4 is 28.8 Å². The largest absolute Gasteiger partial charge is 0.462 e. The Bertz CT molecular complexity index is 660. The van der Waals surface area contributed by atoms with Crippen molar-refractivity contribution in [2.75, 3.05) is 11.9 Å². The highest BCUT2D eigenvalue weighted by Gasteiger charge is 2.13. The standard InChI is InChI=1S/C18H18ClNO2/c1-3-22-18(21)17(14-6-4-13(2)5-7-14)12-20-16-10-8-15(19)9-11-16/h4-12,20H,3H2,1-2H3/b17-12-. The molecule has 0 radical (unpaired) electrons. The molecule has 0 amide bonds. The topological polar surface area (TPSA) is 38.3 Å². The highest BCUT2D eigenvalue weighted by atomic mass is 35.5. The van der Waals surface area contributed by atoms with Gasteiger partial charge in [0.2, 0.25) is 0 Å². The quantitative estimate of drug-likeness (QED) is 0.644. The van der Waals surface area contributed by atoms with Gasteiger partial charge >= 0.3 is 5.97 Å². The van der Waals surface area contributed by atoms with Crippen LogP contribution in [0.4, 0.5) is 5.69 Å². The molecule has 0 spiro atoms. The van der Waals surface area contributed by atoms with E-state index >= 15 is 0 Å². The average Bonchev–Trinajstić information content (AvgIpc) is 2.51. The van der Waals surface area contributed by atoms with E-state index in [0.29, 0.717) is 17.2 Å². The summed E-state index contributed by atoms with van der Waals surface area (Å²) in [5.41, 5.74) is 3.28. The van der Waals surface area contributed by atoms with E-state index in [2.05, 4.69) is 5.32 Å². The van der Waals surface area contributed by atoms with Gasteiger partial charge in [-0.2, -0.15) is 0 Å². The molecule has 0 aliphatic rings. The van der Waals surface area contributed by atoms with Crippen LogP contribution < -0.4 is 5.32 Å². The fraction of sp³-hybridized carbons (Fsp3) is 0.167. The molecular formula is C18H18ClNO2. The van der Waals surface area contributed by atoms with Crippen LogP contribution in [0.2, 0.25) is 5.02 Å². The predicted octanol–water partition coefficient (Wildman–Crippen LogP) is 4.66. The van der Waals surface area contributed by atoms with Gasteiger partial charge in [0.1, 0.15) is 0 Å². The van der Waals surface area contributed by atoms with E-state index in [1.54, 1.807) is 25.3 Å². The first-order chi connectivity index (χ1) is 10.6. The molecule has 0 saturated carbocycles. The lowest BCUT2D eigenvalue weighted by molar-refractivity contribution is -0.136. The van der Waals surface area contributed by atoms with E-state index in [-0.39, 0.29) is 5.97 Å². The summed E-state index contributed by atoms with van der Waals surface area (Å²) in [6, 6.07) is 15.0. The first-order valence-corrected chi connectivity index (χ1v) is 7.44. The molecule has 0 fully saturated rings. The number of benzene rings is 2. The van der Waals surface area contributed by atoms with E-state index in [4.69, 9.17) is 16.3 Å². The number of anilines is 1. The van der Waals surface area contributed by atoms with E-state index in [0.717, 1.165) is 16.8 Å². The third kappa shape index (κ3) is 4.37. The van der Waals surface area contributed by atoms with Gasteiger partial charge < -0.3 is 10.1 Å². The van der Waals surface area contributed by atoms with E-state index in [9.17, 15) is 4.79 Å². The molecular weight excluding hydrogens is 298 g/mol. The number of rotatable bonds is 5. The van der Waals surface area contributed by atoms with Crippen LogP contribution in [0.25, 0.3) is 5.57 Å². The smallest absolute Gasteiger partial charge is 0.340 e. The second kappa shape index (κ2) is 7.66. The van der Waals surface area contributed by atoms with Crippen molar-refractivity contribution < 1.29 is 9.53 Å². The summed E-state index contributed by atoms with van der Waals surface area (Å²) in [5, 5.41) is 3.77. The maximum absolute atomic E-state index is 12.2. The van der Waals surface area contributed by atoms with Crippen LogP contribution in [-0.2, 0) is 9.53 Å². The lowest BCUT2D eigenvalue weighted by Crippen LogP contribution is -2.08. The maximum atomic E-state index is 12.2. The number of aryl methyl sites for hydroxylation is 1. The van der Waals surface area contributed by atoms with Gasteiger partial charge in [0, 0.05) is 16.9 Å². The van der Waals surface area contributed by atoms with Crippen LogP contribution in [0, 0.1) is 6.92 Å². The van der Waals surface area contributed by atoms with E-state index < -0.39 is 0 Å². The number of carbonyl (C=O) groups excluding carboxylic acids is 1. The van der Waals surface area contributed by atoms with Crippen molar-refractivity contribution in [2.24, 2.45) is 0 Å². The molecule has 2 aromatic rings. The monoisotopic (exact) mass is 315 g/mol. The lowest BCUT2D eigenvalue weighted by Gasteiger charge is -2.09. The Morgan fingerprint density at radius 3 is 2.36 bits per heavy atom. The fourth-order valence-corrected chi connectivity index (χ4v) is 2.03. The Labute approximate surface area is 135 Å². The molecule has 4 heteroatoms. The summed E-state index contributed by atoms with van der Waals surface area (Å²) in [6.07, 6.45) is 1.66. The average molecular weight is 316 g/mol. The van der Waals surface area contributed by atoms with Crippen molar-refractivity contribution in [1.82, 2.24) is 0 Å². The van der Waals surface area contributed by atoms with Gasteiger partial charge in [-0.1, -0.05) is 41.4 Å². The Morgan fingerprint density at radius 1 is 1.14 bits per heavy atom. The minimum Gasteiger partial charge on any atom is -0.462 e. The van der Waals surface area contributed by atoms with Crippen molar-refractivity contribution in [3.63, 3.8) is 0 Å². The van der Waals surface area contributed by atoms with Gasteiger partial charge in [-0.25, -0.2) is 4.79 Å². The number of ether oxygens (including phenoxy) is 1. The van der Waals surface area contributed by atoms with Crippen LogP contribution in [0.15, 0.2) is 54.7 Å². The molecule has 0 bridgehead atoms.